The van der Waals surface area contributed by atoms with Gasteiger partial charge in [-0.15, -0.1) is 0 Å². The van der Waals surface area contributed by atoms with Crippen LogP contribution in [0.2, 0.25) is 5.02 Å². The predicted octanol–water partition coefficient (Wildman–Crippen LogP) is 3.43. The first kappa shape index (κ1) is 18.3. The molecule has 0 aromatic heterocycles. The van der Waals surface area contributed by atoms with E-state index in [0.29, 0.717) is 16.7 Å². The van der Waals surface area contributed by atoms with Gasteiger partial charge < -0.3 is 14.5 Å². The summed E-state index contributed by atoms with van der Waals surface area (Å²) in [6.45, 7) is 0.858. The van der Waals surface area contributed by atoms with Gasteiger partial charge in [-0.3, -0.25) is 9.59 Å². The number of carbonyl (C=O) groups is 2. The van der Waals surface area contributed by atoms with E-state index in [2.05, 4.69) is 4.90 Å². The van der Waals surface area contributed by atoms with Gasteiger partial charge >= 0.3 is 0 Å². The molecule has 3 atom stereocenters. The molecule has 5 rings (SSSR count). The Kier molecular flexibility index (Phi) is 4.34. The molecule has 2 heterocycles. The molecule has 150 valence electrons. The number of methoxy groups -OCH3 is 1. The molecule has 2 saturated heterocycles. The highest BCUT2D eigenvalue weighted by atomic mass is 35.5. The molecule has 0 unspecified atom stereocenters. The van der Waals surface area contributed by atoms with E-state index in [1.807, 2.05) is 17.0 Å². The van der Waals surface area contributed by atoms with E-state index in [0.717, 1.165) is 44.2 Å². The van der Waals surface area contributed by atoms with Crippen molar-refractivity contribution in [2.75, 3.05) is 13.7 Å². The zero-order valence-corrected chi connectivity index (χ0v) is 17.1. The van der Waals surface area contributed by atoms with Crippen molar-refractivity contribution in [3.63, 3.8) is 0 Å². The molecule has 2 saturated carbocycles. The van der Waals surface area contributed by atoms with Crippen molar-refractivity contribution in [1.29, 1.82) is 0 Å². The SMILES string of the molecule is COc1ccc(CC(=O)N2[C@H](C(=O)N3CCC34CCCC4)C[C@H]3C[C@@H]32)c(Cl)c1. The van der Waals surface area contributed by atoms with Gasteiger partial charge in [0, 0.05) is 23.1 Å². The van der Waals surface area contributed by atoms with Crippen LogP contribution in [0.15, 0.2) is 18.2 Å². The Morgan fingerprint density at radius 2 is 2.00 bits per heavy atom. The smallest absolute Gasteiger partial charge is 0.245 e. The molecule has 1 aromatic carbocycles. The monoisotopic (exact) mass is 402 g/mol. The minimum absolute atomic E-state index is 0.0245. The fraction of sp³-hybridized carbons (Fsp3) is 0.636. The molecule has 1 spiro atoms. The summed E-state index contributed by atoms with van der Waals surface area (Å²) in [5.74, 6) is 1.40. The molecule has 2 aliphatic carbocycles. The molecule has 4 aliphatic rings. The fourth-order valence-corrected chi connectivity index (χ4v) is 5.94. The molecule has 0 bridgehead atoms. The minimum Gasteiger partial charge on any atom is -0.497 e. The maximum Gasteiger partial charge on any atom is 0.245 e. The van der Waals surface area contributed by atoms with Crippen LogP contribution in [-0.4, -0.2) is 52.9 Å². The normalized spacial score (nSPS) is 29.6. The lowest BCUT2D eigenvalue weighted by atomic mass is 9.82. The van der Waals surface area contributed by atoms with Gasteiger partial charge in [-0.2, -0.15) is 0 Å². The van der Waals surface area contributed by atoms with Crippen molar-refractivity contribution < 1.29 is 14.3 Å². The van der Waals surface area contributed by atoms with Crippen LogP contribution in [0.3, 0.4) is 0 Å². The second kappa shape index (κ2) is 6.65. The molecule has 6 heteroatoms. The van der Waals surface area contributed by atoms with Crippen LogP contribution in [0, 0.1) is 5.92 Å². The first-order chi connectivity index (χ1) is 13.5. The van der Waals surface area contributed by atoms with Crippen LogP contribution in [0.1, 0.15) is 50.5 Å². The number of nitrogens with zero attached hydrogens (tertiary/aromatic N) is 2. The highest BCUT2D eigenvalue weighted by Crippen LogP contribution is 2.51. The number of ether oxygens (including phenoxy) is 1. The molecular weight excluding hydrogens is 376 g/mol. The minimum atomic E-state index is -0.272. The Morgan fingerprint density at radius 1 is 1.21 bits per heavy atom. The number of piperidine rings is 1. The molecular formula is C22H27ClN2O3. The number of amides is 2. The maximum atomic E-state index is 13.4. The molecule has 2 amide bonds. The number of hydrogen-bond acceptors (Lipinski definition) is 3. The zero-order chi connectivity index (χ0) is 19.5. The quantitative estimate of drug-likeness (QED) is 0.775. The van der Waals surface area contributed by atoms with Gasteiger partial charge in [0.15, 0.2) is 0 Å². The third kappa shape index (κ3) is 2.81. The van der Waals surface area contributed by atoms with Crippen LogP contribution in [-0.2, 0) is 16.0 Å². The molecule has 28 heavy (non-hydrogen) atoms. The number of rotatable bonds is 4. The first-order valence-corrected chi connectivity index (χ1v) is 10.9. The van der Waals surface area contributed by atoms with Crippen LogP contribution in [0.5, 0.6) is 5.75 Å². The average Bonchev–Trinajstić information content (AvgIpc) is 3.09. The fourth-order valence-electron chi connectivity index (χ4n) is 5.70. The van der Waals surface area contributed by atoms with E-state index in [-0.39, 0.29) is 35.9 Å². The van der Waals surface area contributed by atoms with Crippen LogP contribution < -0.4 is 4.74 Å². The second-order valence-electron chi connectivity index (χ2n) is 8.92. The largest absolute Gasteiger partial charge is 0.497 e. The zero-order valence-electron chi connectivity index (χ0n) is 16.3. The summed E-state index contributed by atoms with van der Waals surface area (Å²) in [6.07, 6.45) is 7.95. The molecule has 1 aromatic rings. The number of likely N-dealkylation sites (tertiary alicyclic amines) is 2. The molecule has 0 N–H and O–H groups in total. The van der Waals surface area contributed by atoms with E-state index in [9.17, 15) is 9.59 Å². The highest BCUT2D eigenvalue weighted by molar-refractivity contribution is 6.31. The molecule has 2 aliphatic heterocycles. The Labute approximate surface area is 171 Å². The average molecular weight is 403 g/mol. The Hall–Kier alpha value is -1.75. The summed E-state index contributed by atoms with van der Waals surface area (Å²) in [4.78, 5) is 30.5. The van der Waals surface area contributed by atoms with Crippen LogP contribution in [0.25, 0.3) is 0 Å². The summed E-state index contributed by atoms with van der Waals surface area (Å²) in [7, 11) is 1.59. The van der Waals surface area contributed by atoms with Crippen molar-refractivity contribution in [2.24, 2.45) is 5.92 Å². The topological polar surface area (TPSA) is 49.9 Å². The summed E-state index contributed by atoms with van der Waals surface area (Å²) in [5, 5.41) is 0.537. The van der Waals surface area contributed by atoms with E-state index in [1.54, 1.807) is 13.2 Å². The lowest BCUT2D eigenvalue weighted by Crippen LogP contribution is -2.64. The summed E-state index contributed by atoms with van der Waals surface area (Å²) in [6, 6.07) is 5.38. The Balaban J connectivity index is 1.32. The van der Waals surface area contributed by atoms with Gasteiger partial charge in [-0.25, -0.2) is 0 Å². The van der Waals surface area contributed by atoms with E-state index < -0.39 is 0 Å². The van der Waals surface area contributed by atoms with Gasteiger partial charge in [0.05, 0.1) is 13.5 Å². The van der Waals surface area contributed by atoms with Crippen molar-refractivity contribution in [3.8, 4) is 5.75 Å². The van der Waals surface area contributed by atoms with Crippen LogP contribution >= 0.6 is 11.6 Å². The molecule has 0 radical (unpaired) electrons. The predicted molar refractivity (Wildman–Crippen MR) is 106 cm³/mol. The van der Waals surface area contributed by atoms with Crippen molar-refractivity contribution in [3.05, 3.63) is 28.8 Å². The van der Waals surface area contributed by atoms with Gasteiger partial charge in [-0.1, -0.05) is 30.5 Å². The Bertz CT molecular complexity index is 820. The number of fused-ring (bicyclic) bond motifs is 1. The third-order valence-electron chi connectivity index (χ3n) is 7.45. The summed E-state index contributed by atoms with van der Waals surface area (Å²) >= 11 is 6.34. The van der Waals surface area contributed by atoms with Crippen LogP contribution in [0.4, 0.5) is 0 Å². The first-order valence-electron chi connectivity index (χ1n) is 10.5. The molecule has 5 nitrogen and oxygen atoms in total. The summed E-state index contributed by atoms with van der Waals surface area (Å²) < 4.78 is 5.19. The van der Waals surface area contributed by atoms with Gasteiger partial charge in [-0.05, 0) is 55.7 Å². The van der Waals surface area contributed by atoms with Gasteiger partial charge in [0.25, 0.3) is 0 Å². The lowest BCUT2D eigenvalue weighted by molar-refractivity contribution is -0.156. The lowest BCUT2D eigenvalue weighted by Gasteiger charge is -2.52. The number of carbonyl (C=O) groups excluding carboxylic acids is 2. The van der Waals surface area contributed by atoms with E-state index in [4.69, 9.17) is 16.3 Å². The number of halogens is 1. The van der Waals surface area contributed by atoms with E-state index >= 15 is 0 Å². The number of hydrogen-bond donors (Lipinski definition) is 0. The van der Waals surface area contributed by atoms with E-state index in [1.165, 1.54) is 12.8 Å². The standard InChI is InChI=1S/C22H27ClN2O3/c1-28-16-5-4-14(17(23)13-16)12-20(26)25-18-10-15(18)11-19(25)21(27)24-9-8-22(24)6-2-3-7-22/h4-5,13,15,18-19H,2-3,6-12H2,1H3/t15-,18+,19+/m1/s1. The summed E-state index contributed by atoms with van der Waals surface area (Å²) in [5.41, 5.74) is 0.900. The Morgan fingerprint density at radius 3 is 2.64 bits per heavy atom. The third-order valence-corrected chi connectivity index (χ3v) is 7.80. The highest BCUT2D eigenvalue weighted by Gasteiger charge is 2.59. The molecule has 4 fully saturated rings. The van der Waals surface area contributed by atoms with Crippen molar-refractivity contribution >= 4 is 23.4 Å². The van der Waals surface area contributed by atoms with Crippen molar-refractivity contribution in [2.45, 2.75) is 69.0 Å². The van der Waals surface area contributed by atoms with Crippen molar-refractivity contribution in [1.82, 2.24) is 9.80 Å². The number of benzene rings is 1. The van der Waals surface area contributed by atoms with Gasteiger partial charge in [0.2, 0.25) is 11.8 Å². The maximum absolute atomic E-state index is 13.4. The second-order valence-corrected chi connectivity index (χ2v) is 9.33. The van der Waals surface area contributed by atoms with Gasteiger partial charge in [0.1, 0.15) is 11.8 Å².